The van der Waals surface area contributed by atoms with E-state index in [4.69, 9.17) is 4.74 Å². The molecule has 0 unspecified atom stereocenters. The second-order valence-corrected chi connectivity index (χ2v) is 6.98. The topological polar surface area (TPSA) is 86.1 Å². The maximum absolute atomic E-state index is 12.3. The zero-order chi connectivity index (χ0) is 18.5. The fraction of sp³-hybridized carbons (Fsp3) is 0.176. The van der Waals surface area contributed by atoms with Gasteiger partial charge in [-0.05, 0) is 31.2 Å². The number of esters is 1. The van der Waals surface area contributed by atoms with Crippen LogP contribution in [-0.4, -0.2) is 33.2 Å². The van der Waals surface area contributed by atoms with Gasteiger partial charge < -0.3 is 4.74 Å². The van der Waals surface area contributed by atoms with Gasteiger partial charge in [-0.15, -0.1) is 11.3 Å². The number of carbonyl (C=O) groups is 2. The molecule has 1 aromatic carbocycles. The fourth-order valence-corrected chi connectivity index (χ4v) is 3.27. The summed E-state index contributed by atoms with van der Waals surface area (Å²) in [6.45, 7) is 2.07. The minimum atomic E-state index is -0.365. The van der Waals surface area contributed by atoms with Gasteiger partial charge in [-0.25, -0.2) is 9.67 Å². The number of thiazole rings is 1. The monoisotopic (exact) mass is 434 g/mol. The van der Waals surface area contributed by atoms with Crippen molar-refractivity contribution >= 4 is 44.3 Å². The molecule has 3 aromatic rings. The van der Waals surface area contributed by atoms with Crippen molar-refractivity contribution < 1.29 is 14.3 Å². The zero-order valence-electron chi connectivity index (χ0n) is 13.8. The van der Waals surface area contributed by atoms with Crippen LogP contribution in [0.4, 0.5) is 5.13 Å². The molecule has 3 rings (SSSR count). The molecule has 0 saturated heterocycles. The van der Waals surface area contributed by atoms with E-state index < -0.39 is 0 Å². The minimum absolute atomic E-state index is 0.0811. The Bertz CT molecular complexity index is 937. The van der Waals surface area contributed by atoms with Crippen molar-refractivity contribution in [2.45, 2.75) is 13.3 Å². The molecule has 0 radical (unpaired) electrons. The molecular formula is C17H15BrN4O3S. The molecular weight excluding hydrogens is 420 g/mol. The number of nitrogens with one attached hydrogen (secondary N) is 1. The van der Waals surface area contributed by atoms with Crippen LogP contribution in [-0.2, 0) is 16.0 Å². The third-order valence-corrected chi connectivity index (χ3v) is 4.60. The van der Waals surface area contributed by atoms with Crippen molar-refractivity contribution in [3.8, 4) is 5.69 Å². The summed E-state index contributed by atoms with van der Waals surface area (Å²) < 4.78 is 7.42. The molecule has 1 N–H and O–H groups in total. The number of carbonyl (C=O) groups excluding carboxylic acids is 2. The van der Waals surface area contributed by atoms with Crippen LogP contribution in [0.1, 0.15) is 23.1 Å². The largest absolute Gasteiger partial charge is 0.466 e. The maximum atomic E-state index is 12.3. The third-order valence-electron chi connectivity index (χ3n) is 3.30. The molecule has 9 heteroatoms. The molecule has 134 valence electrons. The summed E-state index contributed by atoms with van der Waals surface area (Å²) in [6.07, 6.45) is 1.79. The molecule has 26 heavy (non-hydrogen) atoms. The van der Waals surface area contributed by atoms with Crippen molar-refractivity contribution in [3.63, 3.8) is 0 Å². The Hall–Kier alpha value is -2.52. The van der Waals surface area contributed by atoms with Crippen LogP contribution in [0.2, 0.25) is 0 Å². The minimum Gasteiger partial charge on any atom is -0.466 e. The standard InChI is InChI=1S/C17H15BrN4O3S/c1-2-25-15(23)9-12-10-26-17(19-12)20-16(24)14-6-7-22(21-14)13-5-3-4-11(18)8-13/h3-8,10H,2,9H2,1H3,(H,19,20,24). The van der Waals surface area contributed by atoms with Crippen LogP contribution in [0.3, 0.4) is 0 Å². The Morgan fingerprint density at radius 3 is 2.96 bits per heavy atom. The summed E-state index contributed by atoms with van der Waals surface area (Å²) in [6, 6.07) is 9.22. The Kier molecular flexibility index (Phi) is 5.79. The zero-order valence-corrected chi connectivity index (χ0v) is 16.2. The Labute approximate surface area is 162 Å². The number of amides is 1. The molecule has 0 fully saturated rings. The second kappa shape index (κ2) is 8.24. The fourth-order valence-electron chi connectivity index (χ4n) is 2.17. The van der Waals surface area contributed by atoms with Crippen LogP contribution in [0.15, 0.2) is 46.4 Å². The predicted octanol–water partition coefficient (Wildman–Crippen LogP) is 3.45. The van der Waals surface area contributed by atoms with Gasteiger partial charge in [0, 0.05) is 16.0 Å². The van der Waals surface area contributed by atoms with E-state index >= 15 is 0 Å². The molecule has 0 aliphatic heterocycles. The molecule has 0 atom stereocenters. The molecule has 0 bridgehead atoms. The van der Waals surface area contributed by atoms with Gasteiger partial charge in [-0.2, -0.15) is 5.10 Å². The average molecular weight is 435 g/mol. The lowest BCUT2D eigenvalue weighted by molar-refractivity contribution is -0.142. The summed E-state index contributed by atoms with van der Waals surface area (Å²) >= 11 is 4.65. The molecule has 1 amide bonds. The summed E-state index contributed by atoms with van der Waals surface area (Å²) in [5.41, 5.74) is 1.67. The van der Waals surface area contributed by atoms with E-state index in [0.717, 1.165) is 10.2 Å². The predicted molar refractivity (Wildman–Crippen MR) is 102 cm³/mol. The summed E-state index contributed by atoms with van der Waals surface area (Å²) in [7, 11) is 0. The Balaban J connectivity index is 1.66. The molecule has 0 saturated carbocycles. The van der Waals surface area contributed by atoms with Crippen molar-refractivity contribution in [1.29, 1.82) is 0 Å². The van der Waals surface area contributed by atoms with Crippen molar-refractivity contribution in [2.24, 2.45) is 0 Å². The first kappa shape index (κ1) is 18.3. The van der Waals surface area contributed by atoms with Gasteiger partial charge in [0.25, 0.3) is 5.91 Å². The number of rotatable bonds is 6. The van der Waals surface area contributed by atoms with Gasteiger partial charge in [0.1, 0.15) is 0 Å². The first-order chi connectivity index (χ1) is 12.5. The van der Waals surface area contributed by atoms with Gasteiger partial charge in [-0.1, -0.05) is 22.0 Å². The van der Waals surface area contributed by atoms with Gasteiger partial charge in [0.15, 0.2) is 10.8 Å². The number of aromatic nitrogens is 3. The molecule has 0 aliphatic carbocycles. The normalized spacial score (nSPS) is 10.5. The highest BCUT2D eigenvalue weighted by Crippen LogP contribution is 2.18. The summed E-state index contributed by atoms with van der Waals surface area (Å²) in [4.78, 5) is 28.0. The second-order valence-electron chi connectivity index (χ2n) is 5.21. The van der Waals surface area contributed by atoms with Crippen molar-refractivity contribution in [3.05, 3.63) is 57.8 Å². The number of nitrogens with zero attached hydrogens (tertiary/aromatic N) is 3. The number of anilines is 1. The Morgan fingerprint density at radius 2 is 2.19 bits per heavy atom. The lowest BCUT2D eigenvalue weighted by atomic mass is 10.3. The number of ether oxygens (including phenoxy) is 1. The van der Waals surface area contributed by atoms with Gasteiger partial charge in [-0.3, -0.25) is 14.9 Å². The first-order valence-electron chi connectivity index (χ1n) is 7.78. The third kappa shape index (κ3) is 4.55. The van der Waals surface area contributed by atoms with E-state index in [9.17, 15) is 9.59 Å². The van der Waals surface area contributed by atoms with Crippen LogP contribution >= 0.6 is 27.3 Å². The van der Waals surface area contributed by atoms with E-state index in [1.807, 2.05) is 24.3 Å². The van der Waals surface area contributed by atoms with E-state index in [0.29, 0.717) is 17.4 Å². The van der Waals surface area contributed by atoms with E-state index in [2.05, 4.69) is 31.3 Å². The van der Waals surface area contributed by atoms with E-state index in [1.165, 1.54) is 11.3 Å². The quantitative estimate of drug-likeness (QED) is 0.600. The smallest absolute Gasteiger partial charge is 0.311 e. The van der Waals surface area contributed by atoms with Crippen LogP contribution in [0.25, 0.3) is 5.69 Å². The maximum Gasteiger partial charge on any atom is 0.311 e. The van der Waals surface area contributed by atoms with Crippen molar-refractivity contribution in [2.75, 3.05) is 11.9 Å². The van der Waals surface area contributed by atoms with Crippen LogP contribution < -0.4 is 5.32 Å². The molecule has 0 aliphatic rings. The van der Waals surface area contributed by atoms with Crippen LogP contribution in [0, 0.1) is 0 Å². The molecule has 2 heterocycles. The Morgan fingerprint density at radius 1 is 1.35 bits per heavy atom. The summed E-state index contributed by atoms with van der Waals surface area (Å²) in [5.74, 6) is -0.709. The van der Waals surface area contributed by atoms with Gasteiger partial charge in [0.05, 0.1) is 24.4 Å². The average Bonchev–Trinajstić information content (AvgIpc) is 3.25. The van der Waals surface area contributed by atoms with Crippen LogP contribution in [0.5, 0.6) is 0 Å². The molecule has 0 spiro atoms. The highest BCUT2D eigenvalue weighted by atomic mass is 79.9. The molecule has 7 nitrogen and oxygen atoms in total. The number of halogens is 1. The number of hydrogen-bond acceptors (Lipinski definition) is 6. The van der Waals surface area contributed by atoms with Crippen molar-refractivity contribution in [1.82, 2.24) is 14.8 Å². The van der Waals surface area contributed by atoms with E-state index in [1.54, 1.807) is 29.2 Å². The SMILES string of the molecule is CCOC(=O)Cc1csc(NC(=O)c2ccn(-c3cccc(Br)c3)n2)n1. The number of benzene rings is 1. The lowest BCUT2D eigenvalue weighted by Gasteiger charge is -2.02. The first-order valence-corrected chi connectivity index (χ1v) is 9.45. The lowest BCUT2D eigenvalue weighted by Crippen LogP contribution is -2.13. The van der Waals surface area contributed by atoms with Gasteiger partial charge >= 0.3 is 5.97 Å². The van der Waals surface area contributed by atoms with E-state index in [-0.39, 0.29) is 24.0 Å². The highest BCUT2D eigenvalue weighted by molar-refractivity contribution is 9.10. The highest BCUT2D eigenvalue weighted by Gasteiger charge is 2.14. The van der Waals surface area contributed by atoms with Gasteiger partial charge in [0.2, 0.25) is 0 Å². The number of hydrogen-bond donors (Lipinski definition) is 1. The summed E-state index contributed by atoms with van der Waals surface area (Å²) in [5, 5.41) is 9.10. The molecule has 2 aromatic heterocycles.